The molecule has 0 spiro atoms. The van der Waals surface area contributed by atoms with E-state index in [9.17, 15) is 0 Å². The maximum Gasteiger partial charge on any atom is 0.322 e. The molecule has 2 N–H and O–H groups in total. The van der Waals surface area contributed by atoms with Crippen molar-refractivity contribution in [2.24, 2.45) is 7.05 Å². The molecule has 0 unspecified atom stereocenters. The molecule has 2 rings (SSSR count). The van der Waals surface area contributed by atoms with E-state index in [0.717, 1.165) is 5.56 Å². The first-order valence-corrected chi connectivity index (χ1v) is 5.40. The van der Waals surface area contributed by atoms with Crippen LogP contribution in [0.5, 0.6) is 6.01 Å². The summed E-state index contributed by atoms with van der Waals surface area (Å²) in [5.74, 6) is 0.908. The summed E-state index contributed by atoms with van der Waals surface area (Å²) in [5.41, 5.74) is 1.04. The Kier molecular flexibility index (Phi) is 3.56. The molecule has 0 aliphatic rings. The summed E-state index contributed by atoms with van der Waals surface area (Å²) in [5, 5.41) is 10.0. The van der Waals surface area contributed by atoms with Crippen LogP contribution in [0.3, 0.4) is 0 Å². The fourth-order valence-electron chi connectivity index (χ4n) is 1.38. The molecule has 2 aromatic rings. The average Bonchev–Trinajstić information content (AvgIpc) is 2.81. The first-order chi connectivity index (χ1) is 8.71. The van der Waals surface area contributed by atoms with Crippen molar-refractivity contribution >= 4 is 11.9 Å². The van der Waals surface area contributed by atoms with Crippen LogP contribution in [0.25, 0.3) is 0 Å². The van der Waals surface area contributed by atoms with E-state index in [0.29, 0.717) is 18.4 Å². The number of ether oxygens (including phenoxy) is 1. The van der Waals surface area contributed by atoms with Gasteiger partial charge in [-0.3, -0.25) is 4.68 Å². The molecule has 8 nitrogen and oxygen atoms in total. The Morgan fingerprint density at radius 2 is 2.06 bits per heavy atom. The number of nitrogens with one attached hydrogen (secondary N) is 2. The Morgan fingerprint density at radius 3 is 2.67 bits per heavy atom. The van der Waals surface area contributed by atoms with Gasteiger partial charge in [0.15, 0.2) is 0 Å². The van der Waals surface area contributed by atoms with Crippen molar-refractivity contribution in [1.29, 1.82) is 0 Å². The molecule has 2 aromatic heterocycles. The predicted molar refractivity (Wildman–Crippen MR) is 66.5 cm³/mol. The second-order valence-electron chi connectivity index (χ2n) is 3.60. The van der Waals surface area contributed by atoms with Gasteiger partial charge in [-0.25, -0.2) is 0 Å². The number of anilines is 2. The number of methoxy groups -OCH3 is 1. The topological polar surface area (TPSA) is 89.8 Å². The fourth-order valence-corrected chi connectivity index (χ4v) is 1.38. The summed E-state index contributed by atoms with van der Waals surface area (Å²) >= 11 is 0. The first kappa shape index (κ1) is 12.1. The van der Waals surface area contributed by atoms with Gasteiger partial charge in [0.05, 0.1) is 13.3 Å². The zero-order chi connectivity index (χ0) is 13.0. The van der Waals surface area contributed by atoms with Gasteiger partial charge in [0.1, 0.15) is 0 Å². The van der Waals surface area contributed by atoms with Crippen LogP contribution in [0.4, 0.5) is 11.9 Å². The van der Waals surface area contributed by atoms with E-state index in [1.807, 2.05) is 13.2 Å². The van der Waals surface area contributed by atoms with Crippen LogP contribution in [0.1, 0.15) is 5.56 Å². The van der Waals surface area contributed by atoms with Crippen molar-refractivity contribution < 1.29 is 4.74 Å². The molecule has 0 saturated heterocycles. The van der Waals surface area contributed by atoms with Crippen molar-refractivity contribution in [2.75, 3.05) is 24.8 Å². The van der Waals surface area contributed by atoms with E-state index in [1.54, 1.807) is 17.9 Å². The minimum atomic E-state index is 0.267. The minimum Gasteiger partial charge on any atom is -0.467 e. The monoisotopic (exact) mass is 249 g/mol. The second kappa shape index (κ2) is 5.30. The van der Waals surface area contributed by atoms with E-state index < -0.39 is 0 Å². The third-order valence-electron chi connectivity index (χ3n) is 2.23. The molecule has 0 bridgehead atoms. The Labute approximate surface area is 104 Å². The van der Waals surface area contributed by atoms with Crippen molar-refractivity contribution in [3.63, 3.8) is 0 Å². The summed E-state index contributed by atoms with van der Waals surface area (Å²) in [4.78, 5) is 12.3. The predicted octanol–water partition coefficient (Wildman–Crippen LogP) is 0.267. The molecule has 0 saturated carbocycles. The number of hydrogen-bond acceptors (Lipinski definition) is 7. The molecule has 0 aromatic carbocycles. The maximum atomic E-state index is 4.99. The molecule has 8 heteroatoms. The number of aryl methyl sites for hydroxylation is 1. The van der Waals surface area contributed by atoms with Crippen molar-refractivity contribution in [3.8, 4) is 6.01 Å². The van der Waals surface area contributed by atoms with E-state index in [2.05, 4.69) is 30.7 Å². The SMILES string of the molecule is CNc1nc(NCc2cnn(C)c2)nc(OC)n1. The number of hydrogen-bond donors (Lipinski definition) is 2. The zero-order valence-electron chi connectivity index (χ0n) is 10.5. The molecular formula is C10H15N7O. The van der Waals surface area contributed by atoms with E-state index in [4.69, 9.17) is 4.74 Å². The van der Waals surface area contributed by atoms with Crippen LogP contribution in [0.15, 0.2) is 12.4 Å². The number of aromatic nitrogens is 5. The highest BCUT2D eigenvalue weighted by molar-refractivity contribution is 5.35. The van der Waals surface area contributed by atoms with Crippen LogP contribution in [0, 0.1) is 0 Å². The third kappa shape index (κ3) is 2.84. The summed E-state index contributed by atoms with van der Waals surface area (Å²) in [6, 6.07) is 0.267. The third-order valence-corrected chi connectivity index (χ3v) is 2.23. The lowest BCUT2D eigenvalue weighted by molar-refractivity contribution is 0.379. The average molecular weight is 249 g/mol. The van der Waals surface area contributed by atoms with Crippen LogP contribution in [0.2, 0.25) is 0 Å². The van der Waals surface area contributed by atoms with Gasteiger partial charge in [-0.1, -0.05) is 0 Å². The van der Waals surface area contributed by atoms with E-state index in [-0.39, 0.29) is 6.01 Å². The second-order valence-corrected chi connectivity index (χ2v) is 3.60. The standard InChI is InChI=1S/C10H15N7O/c1-11-8-14-9(16-10(15-8)18-3)12-4-7-5-13-17(2)6-7/h5-6H,4H2,1-3H3,(H2,11,12,14,15,16). The van der Waals surface area contributed by atoms with Gasteiger partial charge >= 0.3 is 6.01 Å². The lowest BCUT2D eigenvalue weighted by Gasteiger charge is -2.06. The van der Waals surface area contributed by atoms with Crippen molar-refractivity contribution in [2.45, 2.75) is 6.54 Å². The maximum absolute atomic E-state index is 4.99. The van der Waals surface area contributed by atoms with Gasteiger partial charge in [-0.2, -0.15) is 20.1 Å². The minimum absolute atomic E-state index is 0.267. The van der Waals surface area contributed by atoms with Gasteiger partial charge in [0.25, 0.3) is 0 Å². The van der Waals surface area contributed by atoms with Gasteiger partial charge in [0, 0.05) is 32.4 Å². The molecule has 0 atom stereocenters. The lowest BCUT2D eigenvalue weighted by Crippen LogP contribution is -2.08. The number of nitrogens with zero attached hydrogens (tertiary/aromatic N) is 5. The van der Waals surface area contributed by atoms with Crippen LogP contribution in [-0.4, -0.2) is 38.9 Å². The lowest BCUT2D eigenvalue weighted by atomic mass is 10.4. The van der Waals surface area contributed by atoms with Crippen molar-refractivity contribution in [1.82, 2.24) is 24.7 Å². The van der Waals surface area contributed by atoms with Crippen LogP contribution in [-0.2, 0) is 13.6 Å². The molecule has 96 valence electrons. The molecule has 18 heavy (non-hydrogen) atoms. The quantitative estimate of drug-likeness (QED) is 0.785. The van der Waals surface area contributed by atoms with Gasteiger partial charge in [-0.05, 0) is 0 Å². The molecular weight excluding hydrogens is 234 g/mol. The smallest absolute Gasteiger partial charge is 0.322 e. The highest BCUT2D eigenvalue weighted by Crippen LogP contribution is 2.11. The highest BCUT2D eigenvalue weighted by Gasteiger charge is 2.05. The first-order valence-electron chi connectivity index (χ1n) is 5.40. The summed E-state index contributed by atoms with van der Waals surface area (Å²) in [7, 11) is 5.12. The molecule has 0 radical (unpaired) electrons. The largest absolute Gasteiger partial charge is 0.467 e. The van der Waals surface area contributed by atoms with Gasteiger partial charge < -0.3 is 15.4 Å². The van der Waals surface area contributed by atoms with Crippen molar-refractivity contribution in [3.05, 3.63) is 18.0 Å². The van der Waals surface area contributed by atoms with Gasteiger partial charge in [0.2, 0.25) is 11.9 Å². The Bertz CT molecular complexity index is 502. The summed E-state index contributed by atoms with van der Waals surface area (Å²) < 4.78 is 6.73. The fraction of sp³-hybridized carbons (Fsp3) is 0.400. The molecule has 0 aliphatic heterocycles. The Hall–Kier alpha value is -2.38. The molecule has 2 heterocycles. The zero-order valence-corrected chi connectivity index (χ0v) is 10.5. The summed E-state index contributed by atoms with van der Waals surface area (Å²) in [6.07, 6.45) is 3.70. The van der Waals surface area contributed by atoms with E-state index in [1.165, 1.54) is 7.11 Å². The molecule has 0 amide bonds. The van der Waals surface area contributed by atoms with Crippen LogP contribution >= 0.6 is 0 Å². The summed E-state index contributed by atoms with van der Waals surface area (Å²) in [6.45, 7) is 0.587. The van der Waals surface area contributed by atoms with Gasteiger partial charge in [-0.15, -0.1) is 0 Å². The Morgan fingerprint density at radius 1 is 1.28 bits per heavy atom. The van der Waals surface area contributed by atoms with E-state index >= 15 is 0 Å². The molecule has 0 fully saturated rings. The Balaban J connectivity index is 2.08. The molecule has 0 aliphatic carbocycles. The normalized spacial score (nSPS) is 10.2. The van der Waals surface area contributed by atoms with Crippen LogP contribution < -0.4 is 15.4 Å². The highest BCUT2D eigenvalue weighted by atomic mass is 16.5. The number of rotatable bonds is 5.